The number of hydrogen-bond donors (Lipinski definition) is 1. The third kappa shape index (κ3) is 3.86. The minimum absolute atomic E-state index is 0.182. The molecule has 6 nitrogen and oxygen atoms in total. The summed E-state index contributed by atoms with van der Waals surface area (Å²) in [5.74, 6) is 0.799. The minimum Gasteiger partial charge on any atom is -0.494 e. The van der Waals surface area contributed by atoms with Crippen molar-refractivity contribution in [2.24, 2.45) is 0 Å². The number of benzene rings is 2. The molecule has 0 aliphatic heterocycles. The normalized spacial score (nSPS) is 12.3. The Kier molecular flexibility index (Phi) is 5.42. The van der Waals surface area contributed by atoms with Crippen molar-refractivity contribution < 1.29 is 9.84 Å². The van der Waals surface area contributed by atoms with Crippen LogP contribution in [-0.2, 0) is 6.54 Å². The lowest BCUT2D eigenvalue weighted by atomic mass is 10.0. The standard InChI is InChI=1S/C24H25N3O3/c1-4-30-20-9-7-18(8-10-20)21-14-22-24(29)26(11-12-27(22)25-21)15-23(28)19-6-5-16(2)17(3)13-19/h5-14,23,28H,4,15H2,1-3H3/t23-/m1/s1. The number of fused-ring (bicyclic) bond motifs is 1. The fourth-order valence-corrected chi connectivity index (χ4v) is 3.46. The lowest BCUT2D eigenvalue weighted by molar-refractivity contribution is 0.155. The Morgan fingerprint density at radius 1 is 1.03 bits per heavy atom. The smallest absolute Gasteiger partial charge is 0.276 e. The van der Waals surface area contributed by atoms with Crippen LogP contribution in [0.15, 0.2) is 65.7 Å². The number of nitrogens with zero attached hydrogens (tertiary/aromatic N) is 3. The Morgan fingerprint density at radius 2 is 1.80 bits per heavy atom. The molecule has 4 rings (SSSR count). The van der Waals surface area contributed by atoms with Gasteiger partial charge in [-0.05, 0) is 67.8 Å². The highest BCUT2D eigenvalue weighted by Gasteiger charge is 2.14. The topological polar surface area (TPSA) is 68.8 Å². The van der Waals surface area contributed by atoms with E-state index < -0.39 is 6.10 Å². The van der Waals surface area contributed by atoms with Gasteiger partial charge in [-0.3, -0.25) is 4.79 Å². The molecule has 2 aromatic carbocycles. The van der Waals surface area contributed by atoms with Crippen LogP contribution in [0.4, 0.5) is 0 Å². The van der Waals surface area contributed by atoms with E-state index in [-0.39, 0.29) is 12.1 Å². The maximum Gasteiger partial charge on any atom is 0.276 e. The van der Waals surface area contributed by atoms with Crippen LogP contribution in [0.25, 0.3) is 16.8 Å². The van der Waals surface area contributed by atoms with Gasteiger partial charge < -0.3 is 14.4 Å². The Hall–Kier alpha value is -3.38. The van der Waals surface area contributed by atoms with E-state index in [1.54, 1.807) is 23.0 Å². The highest BCUT2D eigenvalue weighted by atomic mass is 16.5. The first-order valence-electron chi connectivity index (χ1n) is 10.0. The second-order valence-corrected chi connectivity index (χ2v) is 7.43. The van der Waals surface area contributed by atoms with Crippen molar-refractivity contribution in [1.82, 2.24) is 14.2 Å². The van der Waals surface area contributed by atoms with Crippen LogP contribution in [0.2, 0.25) is 0 Å². The quantitative estimate of drug-likeness (QED) is 0.530. The predicted molar refractivity (Wildman–Crippen MR) is 117 cm³/mol. The minimum atomic E-state index is -0.766. The molecule has 6 heteroatoms. The summed E-state index contributed by atoms with van der Waals surface area (Å²) in [6.45, 7) is 6.78. The summed E-state index contributed by atoms with van der Waals surface area (Å²) >= 11 is 0. The van der Waals surface area contributed by atoms with Crippen LogP contribution >= 0.6 is 0 Å². The van der Waals surface area contributed by atoms with Crippen LogP contribution < -0.4 is 10.3 Å². The summed E-state index contributed by atoms with van der Waals surface area (Å²) in [7, 11) is 0. The molecule has 0 aliphatic carbocycles. The van der Waals surface area contributed by atoms with E-state index in [0.717, 1.165) is 22.4 Å². The number of aryl methyl sites for hydroxylation is 2. The SMILES string of the molecule is CCOc1ccc(-c2cc3c(=O)n(C[C@@H](O)c4ccc(C)c(C)c4)ccn3n2)cc1. The van der Waals surface area contributed by atoms with E-state index in [2.05, 4.69) is 5.10 Å². The van der Waals surface area contributed by atoms with Crippen molar-refractivity contribution in [3.63, 3.8) is 0 Å². The van der Waals surface area contributed by atoms with E-state index >= 15 is 0 Å². The number of rotatable bonds is 6. The predicted octanol–water partition coefficient (Wildman–Crippen LogP) is 3.91. The van der Waals surface area contributed by atoms with E-state index in [1.807, 2.05) is 63.2 Å². The fraction of sp³-hybridized carbons (Fsp3) is 0.250. The molecule has 0 saturated heterocycles. The zero-order chi connectivity index (χ0) is 21.3. The highest BCUT2D eigenvalue weighted by Crippen LogP contribution is 2.22. The summed E-state index contributed by atoms with van der Waals surface area (Å²) in [6.07, 6.45) is 2.63. The molecule has 4 aromatic rings. The summed E-state index contributed by atoms with van der Waals surface area (Å²) in [5, 5.41) is 15.2. The maximum absolute atomic E-state index is 13.0. The first-order valence-corrected chi connectivity index (χ1v) is 10.0. The maximum atomic E-state index is 13.0. The van der Waals surface area contributed by atoms with Gasteiger partial charge in [-0.15, -0.1) is 0 Å². The Morgan fingerprint density at radius 3 is 2.50 bits per heavy atom. The number of hydrogen-bond acceptors (Lipinski definition) is 4. The number of aliphatic hydroxyl groups is 1. The molecule has 2 heterocycles. The molecule has 0 aliphatic rings. The molecule has 30 heavy (non-hydrogen) atoms. The lowest BCUT2D eigenvalue weighted by Crippen LogP contribution is -2.24. The van der Waals surface area contributed by atoms with Gasteiger partial charge >= 0.3 is 0 Å². The molecule has 1 N–H and O–H groups in total. The molecule has 0 fully saturated rings. The van der Waals surface area contributed by atoms with E-state index in [1.165, 1.54) is 10.1 Å². The molecule has 0 bridgehead atoms. The van der Waals surface area contributed by atoms with Crippen LogP contribution in [0, 0.1) is 13.8 Å². The molecular weight excluding hydrogens is 378 g/mol. The van der Waals surface area contributed by atoms with Crippen LogP contribution in [0.1, 0.15) is 29.7 Å². The van der Waals surface area contributed by atoms with Gasteiger partial charge in [0.2, 0.25) is 0 Å². The first kappa shape index (κ1) is 19.9. The van der Waals surface area contributed by atoms with Crippen molar-refractivity contribution in [1.29, 1.82) is 0 Å². The second-order valence-electron chi connectivity index (χ2n) is 7.43. The molecule has 0 amide bonds. The van der Waals surface area contributed by atoms with Crippen LogP contribution in [0.5, 0.6) is 5.75 Å². The van der Waals surface area contributed by atoms with Crippen molar-refractivity contribution in [3.05, 3.63) is 88.0 Å². The van der Waals surface area contributed by atoms with Gasteiger partial charge in [-0.2, -0.15) is 5.10 Å². The summed E-state index contributed by atoms with van der Waals surface area (Å²) < 4.78 is 8.58. The number of aliphatic hydroxyl groups excluding tert-OH is 1. The Labute approximate surface area is 175 Å². The van der Waals surface area contributed by atoms with Gasteiger partial charge in [-0.1, -0.05) is 18.2 Å². The van der Waals surface area contributed by atoms with Gasteiger partial charge in [-0.25, -0.2) is 4.52 Å². The molecule has 0 radical (unpaired) electrons. The second kappa shape index (κ2) is 8.16. The van der Waals surface area contributed by atoms with Crippen molar-refractivity contribution in [2.45, 2.75) is 33.4 Å². The third-order valence-electron chi connectivity index (χ3n) is 5.35. The number of aromatic nitrogens is 3. The van der Waals surface area contributed by atoms with Gasteiger partial charge in [0, 0.05) is 18.0 Å². The molecule has 2 aromatic heterocycles. The number of ether oxygens (including phenoxy) is 1. The van der Waals surface area contributed by atoms with Gasteiger partial charge in [0.1, 0.15) is 11.3 Å². The summed E-state index contributed by atoms with van der Waals surface area (Å²) in [4.78, 5) is 13.0. The molecule has 0 spiro atoms. The Balaban J connectivity index is 1.62. The van der Waals surface area contributed by atoms with Crippen molar-refractivity contribution in [2.75, 3.05) is 6.61 Å². The van der Waals surface area contributed by atoms with E-state index in [9.17, 15) is 9.90 Å². The van der Waals surface area contributed by atoms with Gasteiger partial charge in [0.15, 0.2) is 0 Å². The molecular formula is C24H25N3O3. The lowest BCUT2D eigenvalue weighted by Gasteiger charge is -2.14. The largest absolute Gasteiger partial charge is 0.494 e. The van der Waals surface area contributed by atoms with Crippen LogP contribution in [-0.4, -0.2) is 25.9 Å². The fourth-order valence-electron chi connectivity index (χ4n) is 3.46. The molecule has 0 saturated carbocycles. The first-order chi connectivity index (χ1) is 14.5. The molecule has 0 unspecified atom stereocenters. The average Bonchev–Trinajstić information content (AvgIpc) is 3.18. The van der Waals surface area contributed by atoms with Crippen LogP contribution in [0.3, 0.4) is 0 Å². The summed E-state index contributed by atoms with van der Waals surface area (Å²) in [5.41, 5.74) is 4.98. The van der Waals surface area contributed by atoms with Gasteiger partial charge in [0.05, 0.1) is 24.9 Å². The zero-order valence-corrected chi connectivity index (χ0v) is 17.4. The van der Waals surface area contributed by atoms with Crippen molar-refractivity contribution >= 4 is 5.52 Å². The van der Waals surface area contributed by atoms with E-state index in [0.29, 0.717) is 17.8 Å². The molecule has 1 atom stereocenters. The molecule has 154 valence electrons. The summed E-state index contributed by atoms with van der Waals surface area (Å²) in [6, 6.07) is 15.3. The van der Waals surface area contributed by atoms with E-state index in [4.69, 9.17) is 4.74 Å². The Bertz CT molecular complexity index is 1240. The highest BCUT2D eigenvalue weighted by molar-refractivity contribution is 5.66. The van der Waals surface area contributed by atoms with Gasteiger partial charge in [0.25, 0.3) is 5.56 Å². The monoisotopic (exact) mass is 403 g/mol. The zero-order valence-electron chi connectivity index (χ0n) is 17.4. The third-order valence-corrected chi connectivity index (χ3v) is 5.35. The average molecular weight is 403 g/mol. The van der Waals surface area contributed by atoms with Crippen molar-refractivity contribution in [3.8, 4) is 17.0 Å².